The first kappa shape index (κ1) is 13.8. The lowest BCUT2D eigenvalue weighted by Gasteiger charge is -2.21. The number of carbonyl (C=O) groups excluding carboxylic acids is 1. The zero-order valence-corrected chi connectivity index (χ0v) is 12.5. The molecule has 2 nitrogen and oxygen atoms in total. The highest BCUT2D eigenvalue weighted by Gasteiger charge is 2.29. The third-order valence-corrected chi connectivity index (χ3v) is 4.46. The molecule has 0 unspecified atom stereocenters. The largest absolute Gasteiger partial charge is 0.302 e. The molecule has 0 saturated heterocycles. The van der Waals surface area contributed by atoms with Crippen LogP contribution in [0, 0.1) is 18.8 Å². The van der Waals surface area contributed by atoms with Gasteiger partial charge in [-0.3, -0.25) is 4.79 Å². The van der Waals surface area contributed by atoms with Crippen molar-refractivity contribution in [1.29, 1.82) is 0 Å². The van der Waals surface area contributed by atoms with Crippen LogP contribution in [-0.2, 0) is 0 Å². The molecule has 0 spiro atoms. The van der Waals surface area contributed by atoms with Crippen molar-refractivity contribution >= 4 is 5.78 Å². The van der Waals surface area contributed by atoms with Gasteiger partial charge in [0.05, 0.1) is 0 Å². The lowest BCUT2D eigenvalue weighted by atomic mass is 10.1. The topological polar surface area (TPSA) is 20.3 Å². The van der Waals surface area contributed by atoms with E-state index in [0.29, 0.717) is 12.2 Å². The van der Waals surface area contributed by atoms with Gasteiger partial charge in [-0.15, -0.1) is 0 Å². The van der Waals surface area contributed by atoms with Crippen LogP contribution < -0.4 is 0 Å². The van der Waals surface area contributed by atoms with E-state index in [9.17, 15) is 4.79 Å². The van der Waals surface area contributed by atoms with Crippen molar-refractivity contribution in [3.05, 3.63) is 35.4 Å². The second kappa shape index (κ2) is 6.09. The van der Waals surface area contributed by atoms with Crippen molar-refractivity contribution in [2.75, 3.05) is 19.6 Å². The maximum Gasteiger partial charge on any atom is 0.164 e. The van der Waals surface area contributed by atoms with Crippen molar-refractivity contribution in [1.82, 2.24) is 4.90 Å². The van der Waals surface area contributed by atoms with E-state index in [0.717, 1.165) is 23.9 Å². The molecule has 108 valence electrons. The van der Waals surface area contributed by atoms with E-state index >= 15 is 0 Å². The first-order valence-corrected chi connectivity index (χ1v) is 8.03. The standard InChI is InChI=1S/C18H25NO/c1-14-2-8-17(9-3-14)18(20)10-11-19(12-15-4-5-15)13-16-6-7-16/h2-3,8-9,15-16H,4-7,10-13H2,1H3. The van der Waals surface area contributed by atoms with Gasteiger partial charge in [0.15, 0.2) is 5.78 Å². The Morgan fingerprint density at radius 2 is 1.60 bits per heavy atom. The number of rotatable bonds is 8. The molecule has 0 heterocycles. The number of carbonyl (C=O) groups is 1. The van der Waals surface area contributed by atoms with Gasteiger partial charge in [0.25, 0.3) is 0 Å². The average molecular weight is 271 g/mol. The summed E-state index contributed by atoms with van der Waals surface area (Å²) in [4.78, 5) is 14.8. The summed E-state index contributed by atoms with van der Waals surface area (Å²) < 4.78 is 0. The lowest BCUT2D eigenvalue weighted by molar-refractivity contribution is 0.0961. The fourth-order valence-corrected chi connectivity index (χ4v) is 2.73. The van der Waals surface area contributed by atoms with Gasteiger partial charge in [0.2, 0.25) is 0 Å². The normalized spacial score (nSPS) is 18.5. The van der Waals surface area contributed by atoms with Gasteiger partial charge >= 0.3 is 0 Å². The zero-order chi connectivity index (χ0) is 13.9. The lowest BCUT2D eigenvalue weighted by Crippen LogP contribution is -2.30. The fourth-order valence-electron chi connectivity index (χ4n) is 2.73. The molecule has 20 heavy (non-hydrogen) atoms. The van der Waals surface area contributed by atoms with Gasteiger partial charge in [-0.2, -0.15) is 0 Å². The number of Topliss-reactive ketones (excluding diaryl/α,β-unsaturated/α-hetero) is 1. The second-order valence-corrected chi connectivity index (χ2v) is 6.69. The summed E-state index contributed by atoms with van der Waals surface area (Å²) in [6.07, 6.45) is 6.25. The van der Waals surface area contributed by atoms with Crippen LogP contribution in [0.3, 0.4) is 0 Å². The van der Waals surface area contributed by atoms with Crippen LogP contribution in [0.25, 0.3) is 0 Å². The second-order valence-electron chi connectivity index (χ2n) is 6.69. The molecule has 2 fully saturated rings. The molecule has 0 amide bonds. The highest BCUT2D eigenvalue weighted by molar-refractivity contribution is 5.96. The monoisotopic (exact) mass is 271 g/mol. The number of ketones is 1. The molecule has 0 atom stereocenters. The zero-order valence-electron chi connectivity index (χ0n) is 12.5. The molecule has 2 heteroatoms. The van der Waals surface area contributed by atoms with E-state index in [1.54, 1.807) is 0 Å². The van der Waals surface area contributed by atoms with Crippen molar-refractivity contribution in [2.45, 2.75) is 39.0 Å². The Kier molecular flexibility index (Phi) is 4.21. The summed E-state index contributed by atoms with van der Waals surface area (Å²) in [6, 6.07) is 7.98. The maximum absolute atomic E-state index is 12.2. The quantitative estimate of drug-likeness (QED) is 0.672. The van der Waals surface area contributed by atoms with Crippen LogP contribution in [0.4, 0.5) is 0 Å². The maximum atomic E-state index is 12.2. The predicted molar refractivity (Wildman–Crippen MR) is 82.0 cm³/mol. The summed E-state index contributed by atoms with van der Waals surface area (Å²) in [5.74, 6) is 2.13. The van der Waals surface area contributed by atoms with Crippen LogP contribution >= 0.6 is 0 Å². The van der Waals surface area contributed by atoms with Crippen LogP contribution in [-0.4, -0.2) is 30.3 Å². The Bertz CT molecular complexity index is 443. The first-order valence-electron chi connectivity index (χ1n) is 8.03. The molecule has 3 rings (SSSR count). The molecular formula is C18H25NO. The first-order chi connectivity index (χ1) is 9.70. The highest BCUT2D eigenvalue weighted by Crippen LogP contribution is 2.33. The predicted octanol–water partition coefficient (Wildman–Crippen LogP) is 3.69. The van der Waals surface area contributed by atoms with Crippen LogP contribution in [0.2, 0.25) is 0 Å². The van der Waals surface area contributed by atoms with Crippen molar-refractivity contribution in [2.24, 2.45) is 11.8 Å². The third kappa shape index (κ3) is 4.17. The summed E-state index contributed by atoms with van der Waals surface area (Å²) in [5.41, 5.74) is 2.08. The fraction of sp³-hybridized carbons (Fsp3) is 0.611. The molecule has 1 aromatic rings. The van der Waals surface area contributed by atoms with E-state index in [-0.39, 0.29) is 0 Å². The molecule has 0 N–H and O–H groups in total. The van der Waals surface area contributed by atoms with Crippen LogP contribution in [0.5, 0.6) is 0 Å². The van der Waals surface area contributed by atoms with E-state index in [4.69, 9.17) is 0 Å². The van der Waals surface area contributed by atoms with E-state index in [2.05, 4.69) is 11.8 Å². The number of hydrogen-bond acceptors (Lipinski definition) is 2. The number of aryl methyl sites for hydroxylation is 1. The number of nitrogens with zero attached hydrogens (tertiary/aromatic N) is 1. The molecule has 2 aliphatic carbocycles. The van der Waals surface area contributed by atoms with Crippen molar-refractivity contribution in [3.63, 3.8) is 0 Å². The van der Waals surface area contributed by atoms with Crippen LogP contribution in [0.1, 0.15) is 48.0 Å². The average Bonchev–Trinajstić information content (AvgIpc) is 3.32. The van der Waals surface area contributed by atoms with Gasteiger partial charge in [-0.1, -0.05) is 29.8 Å². The Balaban J connectivity index is 1.49. The van der Waals surface area contributed by atoms with Gasteiger partial charge < -0.3 is 4.90 Å². The molecule has 2 saturated carbocycles. The molecule has 0 bridgehead atoms. The van der Waals surface area contributed by atoms with E-state index in [1.807, 2.05) is 24.3 Å². The van der Waals surface area contributed by atoms with E-state index < -0.39 is 0 Å². The Hall–Kier alpha value is -1.15. The molecule has 0 aromatic heterocycles. The van der Waals surface area contributed by atoms with Gasteiger partial charge in [0.1, 0.15) is 0 Å². The summed E-state index contributed by atoms with van der Waals surface area (Å²) in [5, 5.41) is 0. The number of hydrogen-bond donors (Lipinski definition) is 0. The molecule has 0 aliphatic heterocycles. The Morgan fingerprint density at radius 1 is 1.05 bits per heavy atom. The molecule has 2 aliphatic rings. The van der Waals surface area contributed by atoms with Gasteiger partial charge in [-0.05, 0) is 44.4 Å². The van der Waals surface area contributed by atoms with Gasteiger partial charge in [0, 0.05) is 31.6 Å². The van der Waals surface area contributed by atoms with E-state index in [1.165, 1.54) is 44.3 Å². The van der Waals surface area contributed by atoms with Gasteiger partial charge in [-0.25, -0.2) is 0 Å². The smallest absolute Gasteiger partial charge is 0.164 e. The summed E-state index contributed by atoms with van der Waals surface area (Å²) >= 11 is 0. The minimum absolute atomic E-state index is 0.293. The molecular weight excluding hydrogens is 246 g/mol. The third-order valence-electron chi connectivity index (χ3n) is 4.46. The van der Waals surface area contributed by atoms with Crippen molar-refractivity contribution < 1.29 is 4.79 Å². The molecule has 1 aromatic carbocycles. The minimum atomic E-state index is 0.293. The van der Waals surface area contributed by atoms with Crippen molar-refractivity contribution in [3.8, 4) is 0 Å². The summed E-state index contributed by atoms with van der Waals surface area (Å²) in [6.45, 7) is 5.44. The Morgan fingerprint density at radius 3 is 2.10 bits per heavy atom. The number of benzene rings is 1. The Labute approximate surface area is 122 Å². The molecule has 0 radical (unpaired) electrons. The van der Waals surface area contributed by atoms with Crippen LogP contribution in [0.15, 0.2) is 24.3 Å². The SMILES string of the molecule is Cc1ccc(C(=O)CCN(CC2CC2)CC2CC2)cc1. The summed E-state index contributed by atoms with van der Waals surface area (Å²) in [7, 11) is 0. The highest BCUT2D eigenvalue weighted by atomic mass is 16.1. The minimum Gasteiger partial charge on any atom is -0.302 e.